The van der Waals surface area contributed by atoms with Crippen molar-refractivity contribution in [2.24, 2.45) is 0 Å². The van der Waals surface area contributed by atoms with Gasteiger partial charge in [-0.05, 0) is 37.3 Å². The standard InChI is InChI=1S/C23H22N4O4/c1-3-20-25-23(31-26-20)18-13-22(29)27(19-8-6-5-7-17(18)19)14-21(28)24-15-9-11-16(12-10-15)30-4-2/h5-13H,3-4,14H2,1-2H3,(H,24,28). The number of aromatic nitrogens is 3. The number of hydrogen-bond acceptors (Lipinski definition) is 6. The number of benzene rings is 2. The quantitative estimate of drug-likeness (QED) is 0.492. The van der Waals surface area contributed by atoms with Gasteiger partial charge in [-0.3, -0.25) is 14.2 Å². The number of rotatable bonds is 7. The lowest BCUT2D eigenvalue weighted by Crippen LogP contribution is -2.27. The number of pyridine rings is 1. The predicted molar refractivity (Wildman–Crippen MR) is 117 cm³/mol. The highest BCUT2D eigenvalue weighted by molar-refractivity contribution is 5.95. The van der Waals surface area contributed by atoms with Crippen molar-refractivity contribution in [1.29, 1.82) is 0 Å². The van der Waals surface area contributed by atoms with E-state index >= 15 is 0 Å². The summed E-state index contributed by atoms with van der Waals surface area (Å²) in [4.78, 5) is 29.9. The molecule has 0 radical (unpaired) electrons. The third-order valence-electron chi connectivity index (χ3n) is 4.78. The van der Waals surface area contributed by atoms with Crippen LogP contribution >= 0.6 is 0 Å². The van der Waals surface area contributed by atoms with Gasteiger partial charge in [0.1, 0.15) is 12.3 Å². The lowest BCUT2D eigenvalue weighted by molar-refractivity contribution is -0.116. The molecular formula is C23H22N4O4. The fourth-order valence-electron chi connectivity index (χ4n) is 3.33. The minimum absolute atomic E-state index is 0.128. The first-order chi connectivity index (χ1) is 15.1. The average molecular weight is 418 g/mol. The number of fused-ring (bicyclic) bond motifs is 1. The van der Waals surface area contributed by atoms with Crippen LogP contribution in [0.2, 0.25) is 0 Å². The first kappa shape index (κ1) is 20.3. The molecule has 2 aromatic heterocycles. The Morgan fingerprint density at radius 2 is 1.90 bits per heavy atom. The monoisotopic (exact) mass is 418 g/mol. The summed E-state index contributed by atoms with van der Waals surface area (Å²) in [5, 5.41) is 7.48. The van der Waals surface area contributed by atoms with Gasteiger partial charge >= 0.3 is 0 Å². The Balaban J connectivity index is 1.63. The molecule has 2 aromatic carbocycles. The van der Waals surface area contributed by atoms with E-state index in [9.17, 15) is 9.59 Å². The van der Waals surface area contributed by atoms with Crippen molar-refractivity contribution in [2.45, 2.75) is 26.8 Å². The minimum atomic E-state index is -0.327. The van der Waals surface area contributed by atoms with E-state index in [0.29, 0.717) is 35.6 Å². The number of carbonyl (C=O) groups is 1. The van der Waals surface area contributed by atoms with Crippen LogP contribution in [-0.4, -0.2) is 27.2 Å². The second-order valence-electron chi connectivity index (χ2n) is 6.87. The van der Waals surface area contributed by atoms with E-state index in [4.69, 9.17) is 9.26 Å². The number of amides is 1. The molecule has 0 saturated heterocycles. The summed E-state index contributed by atoms with van der Waals surface area (Å²) in [7, 11) is 0. The molecule has 8 heteroatoms. The number of para-hydroxylation sites is 1. The molecule has 1 N–H and O–H groups in total. The third kappa shape index (κ3) is 4.32. The van der Waals surface area contributed by atoms with E-state index in [-0.39, 0.29) is 23.9 Å². The second-order valence-corrected chi connectivity index (χ2v) is 6.87. The maximum Gasteiger partial charge on any atom is 0.258 e. The molecule has 0 fully saturated rings. The van der Waals surface area contributed by atoms with Crippen LogP contribution in [0.5, 0.6) is 5.75 Å². The molecule has 0 bridgehead atoms. The highest BCUT2D eigenvalue weighted by atomic mass is 16.5. The van der Waals surface area contributed by atoms with Gasteiger partial charge in [0.15, 0.2) is 5.82 Å². The smallest absolute Gasteiger partial charge is 0.258 e. The summed E-state index contributed by atoms with van der Waals surface area (Å²) >= 11 is 0. The maximum absolute atomic E-state index is 12.9. The van der Waals surface area contributed by atoms with Crippen LogP contribution in [0, 0.1) is 0 Å². The molecule has 0 aliphatic heterocycles. The molecule has 0 aliphatic rings. The van der Waals surface area contributed by atoms with Crippen LogP contribution in [0.25, 0.3) is 22.4 Å². The van der Waals surface area contributed by atoms with E-state index in [2.05, 4.69) is 15.5 Å². The Morgan fingerprint density at radius 3 is 2.61 bits per heavy atom. The van der Waals surface area contributed by atoms with E-state index in [1.807, 2.05) is 32.0 Å². The van der Waals surface area contributed by atoms with Gasteiger partial charge < -0.3 is 14.6 Å². The van der Waals surface area contributed by atoms with Crippen molar-refractivity contribution >= 4 is 22.5 Å². The van der Waals surface area contributed by atoms with Crippen LogP contribution in [0.3, 0.4) is 0 Å². The van der Waals surface area contributed by atoms with Gasteiger partial charge in [0.25, 0.3) is 11.4 Å². The molecule has 4 rings (SSSR count). The largest absolute Gasteiger partial charge is 0.494 e. The third-order valence-corrected chi connectivity index (χ3v) is 4.78. The van der Waals surface area contributed by atoms with Gasteiger partial charge in [0, 0.05) is 23.6 Å². The van der Waals surface area contributed by atoms with Gasteiger partial charge in [0.2, 0.25) is 5.91 Å². The fourth-order valence-corrected chi connectivity index (χ4v) is 3.33. The molecule has 0 atom stereocenters. The van der Waals surface area contributed by atoms with Crippen molar-refractivity contribution in [3.05, 3.63) is 70.8 Å². The molecule has 4 aromatic rings. The number of ether oxygens (including phenoxy) is 1. The molecule has 0 unspecified atom stereocenters. The summed E-state index contributed by atoms with van der Waals surface area (Å²) in [5.41, 5.74) is 1.46. The number of anilines is 1. The summed E-state index contributed by atoms with van der Waals surface area (Å²) in [6, 6.07) is 15.8. The molecule has 0 spiro atoms. The summed E-state index contributed by atoms with van der Waals surface area (Å²) in [6.07, 6.45) is 0.629. The normalized spacial score (nSPS) is 10.9. The van der Waals surface area contributed by atoms with Gasteiger partial charge in [0.05, 0.1) is 17.7 Å². The first-order valence-electron chi connectivity index (χ1n) is 10.1. The number of aryl methyl sites for hydroxylation is 1. The molecule has 0 aliphatic carbocycles. The van der Waals surface area contributed by atoms with Crippen molar-refractivity contribution in [3.8, 4) is 17.2 Å². The maximum atomic E-state index is 12.9. The van der Waals surface area contributed by atoms with E-state index in [1.165, 1.54) is 10.6 Å². The second kappa shape index (κ2) is 8.83. The zero-order valence-electron chi connectivity index (χ0n) is 17.3. The van der Waals surface area contributed by atoms with Gasteiger partial charge in [-0.2, -0.15) is 4.98 Å². The van der Waals surface area contributed by atoms with Crippen molar-refractivity contribution in [3.63, 3.8) is 0 Å². The Morgan fingerprint density at radius 1 is 1.13 bits per heavy atom. The van der Waals surface area contributed by atoms with E-state index in [1.54, 1.807) is 30.3 Å². The van der Waals surface area contributed by atoms with Crippen LogP contribution in [0.1, 0.15) is 19.7 Å². The van der Waals surface area contributed by atoms with Gasteiger partial charge in [-0.25, -0.2) is 0 Å². The van der Waals surface area contributed by atoms with Gasteiger partial charge in [-0.1, -0.05) is 30.3 Å². The lowest BCUT2D eigenvalue weighted by Gasteiger charge is -2.12. The summed E-state index contributed by atoms with van der Waals surface area (Å²) in [5.74, 6) is 1.27. The molecular weight excluding hydrogens is 396 g/mol. The van der Waals surface area contributed by atoms with Crippen LogP contribution in [0.15, 0.2) is 63.9 Å². The zero-order chi connectivity index (χ0) is 21.8. The Labute approximate surface area is 178 Å². The molecule has 31 heavy (non-hydrogen) atoms. The van der Waals surface area contributed by atoms with Crippen LogP contribution in [0.4, 0.5) is 5.69 Å². The number of carbonyl (C=O) groups excluding carboxylic acids is 1. The molecule has 0 saturated carbocycles. The zero-order valence-corrected chi connectivity index (χ0v) is 17.3. The number of hydrogen-bond donors (Lipinski definition) is 1. The van der Waals surface area contributed by atoms with Crippen molar-refractivity contribution in [2.75, 3.05) is 11.9 Å². The van der Waals surface area contributed by atoms with Crippen molar-refractivity contribution < 1.29 is 14.1 Å². The van der Waals surface area contributed by atoms with E-state index < -0.39 is 0 Å². The Kier molecular flexibility index (Phi) is 5.79. The highest BCUT2D eigenvalue weighted by Crippen LogP contribution is 2.26. The lowest BCUT2D eigenvalue weighted by atomic mass is 10.1. The fraction of sp³-hybridized carbons (Fsp3) is 0.217. The first-order valence-corrected chi connectivity index (χ1v) is 10.1. The highest BCUT2D eigenvalue weighted by Gasteiger charge is 2.17. The average Bonchev–Trinajstić information content (AvgIpc) is 3.26. The van der Waals surface area contributed by atoms with Gasteiger partial charge in [-0.15, -0.1) is 0 Å². The summed E-state index contributed by atoms with van der Waals surface area (Å²) in [6.45, 7) is 4.27. The van der Waals surface area contributed by atoms with Crippen LogP contribution < -0.4 is 15.6 Å². The predicted octanol–water partition coefficient (Wildman–Crippen LogP) is 3.65. The minimum Gasteiger partial charge on any atom is -0.494 e. The SMILES string of the molecule is CCOc1ccc(NC(=O)Cn2c(=O)cc(-c3nc(CC)no3)c3ccccc32)cc1. The van der Waals surface area contributed by atoms with E-state index in [0.717, 1.165) is 11.1 Å². The Bertz CT molecular complexity index is 1270. The molecule has 2 heterocycles. The number of nitrogens with one attached hydrogen (secondary N) is 1. The molecule has 158 valence electrons. The van der Waals surface area contributed by atoms with Crippen LogP contribution in [-0.2, 0) is 17.8 Å². The number of nitrogens with zero attached hydrogens (tertiary/aromatic N) is 3. The van der Waals surface area contributed by atoms with Crippen molar-refractivity contribution in [1.82, 2.24) is 14.7 Å². The topological polar surface area (TPSA) is 99.2 Å². The Hall–Kier alpha value is -3.94. The molecule has 1 amide bonds. The molecule has 8 nitrogen and oxygen atoms in total. The summed E-state index contributed by atoms with van der Waals surface area (Å²) < 4.78 is 12.2.